The lowest BCUT2D eigenvalue weighted by Crippen LogP contribution is -2.21. The summed E-state index contributed by atoms with van der Waals surface area (Å²) in [4.78, 5) is 4.68. The summed E-state index contributed by atoms with van der Waals surface area (Å²) in [6, 6.07) is 0.576. The van der Waals surface area contributed by atoms with Crippen molar-refractivity contribution in [2.45, 2.75) is 52.0 Å². The van der Waals surface area contributed by atoms with Gasteiger partial charge in [-0.3, -0.25) is 0 Å². The second-order valence-corrected chi connectivity index (χ2v) is 6.05. The van der Waals surface area contributed by atoms with E-state index >= 15 is 0 Å². The van der Waals surface area contributed by atoms with Crippen LogP contribution < -0.4 is 5.32 Å². The summed E-state index contributed by atoms with van der Waals surface area (Å²) >= 11 is 1.79. The molecule has 1 atom stereocenters. The summed E-state index contributed by atoms with van der Waals surface area (Å²) in [5.41, 5.74) is 1.41. The number of aryl methyl sites for hydroxylation is 1. The SMILES string of the molecule is CNC(C)CCc1nc(C(C)(C)C)cs1. The van der Waals surface area contributed by atoms with Crippen molar-refractivity contribution in [3.8, 4) is 0 Å². The first kappa shape index (κ1) is 12.7. The van der Waals surface area contributed by atoms with E-state index in [9.17, 15) is 0 Å². The molecule has 0 aromatic carbocycles. The summed E-state index contributed by atoms with van der Waals surface area (Å²) in [7, 11) is 2.01. The molecule has 1 heterocycles. The van der Waals surface area contributed by atoms with Crippen LogP contribution in [0, 0.1) is 0 Å². The van der Waals surface area contributed by atoms with Gasteiger partial charge < -0.3 is 5.32 Å². The quantitative estimate of drug-likeness (QED) is 0.854. The molecule has 0 radical (unpaired) electrons. The first-order chi connectivity index (χ1) is 6.93. The predicted molar refractivity (Wildman–Crippen MR) is 67.7 cm³/mol. The van der Waals surface area contributed by atoms with Gasteiger partial charge in [0.1, 0.15) is 0 Å². The van der Waals surface area contributed by atoms with Crippen molar-refractivity contribution in [1.29, 1.82) is 0 Å². The van der Waals surface area contributed by atoms with Crippen molar-refractivity contribution in [3.63, 3.8) is 0 Å². The molecule has 0 aliphatic rings. The molecule has 0 spiro atoms. The number of nitrogens with zero attached hydrogens (tertiary/aromatic N) is 1. The van der Waals surface area contributed by atoms with Crippen molar-refractivity contribution in [3.05, 3.63) is 16.1 Å². The molecular weight excluding hydrogens is 204 g/mol. The fourth-order valence-electron chi connectivity index (χ4n) is 1.25. The maximum absolute atomic E-state index is 4.68. The molecule has 1 aromatic heterocycles. The molecule has 0 amide bonds. The van der Waals surface area contributed by atoms with Crippen LogP contribution in [0.2, 0.25) is 0 Å². The number of thiazole rings is 1. The first-order valence-corrected chi connectivity index (χ1v) is 6.43. The number of aromatic nitrogens is 1. The van der Waals surface area contributed by atoms with E-state index in [1.165, 1.54) is 10.7 Å². The molecule has 2 nitrogen and oxygen atoms in total. The van der Waals surface area contributed by atoms with Gasteiger partial charge in [0, 0.05) is 23.3 Å². The second kappa shape index (κ2) is 5.08. The fourth-order valence-corrected chi connectivity index (χ4v) is 2.30. The number of nitrogens with one attached hydrogen (secondary N) is 1. The van der Waals surface area contributed by atoms with E-state index in [0.717, 1.165) is 12.8 Å². The summed E-state index contributed by atoms with van der Waals surface area (Å²) in [6.07, 6.45) is 2.25. The highest BCUT2D eigenvalue weighted by atomic mass is 32.1. The van der Waals surface area contributed by atoms with Crippen LogP contribution in [0.3, 0.4) is 0 Å². The Morgan fingerprint density at radius 1 is 1.47 bits per heavy atom. The lowest BCUT2D eigenvalue weighted by molar-refractivity contribution is 0.554. The maximum atomic E-state index is 4.68. The normalized spacial score (nSPS) is 14.2. The Labute approximate surface area is 97.1 Å². The second-order valence-electron chi connectivity index (χ2n) is 5.10. The van der Waals surface area contributed by atoms with Crippen LogP contribution in [0.15, 0.2) is 5.38 Å². The van der Waals surface area contributed by atoms with E-state index in [2.05, 4.69) is 43.4 Å². The van der Waals surface area contributed by atoms with E-state index in [0.29, 0.717) is 6.04 Å². The van der Waals surface area contributed by atoms with Gasteiger partial charge in [0.05, 0.1) is 10.7 Å². The molecule has 0 fully saturated rings. The van der Waals surface area contributed by atoms with E-state index in [4.69, 9.17) is 0 Å². The molecular formula is C12H22N2S. The lowest BCUT2D eigenvalue weighted by atomic mass is 9.93. The summed E-state index contributed by atoms with van der Waals surface area (Å²) in [5.74, 6) is 0. The summed E-state index contributed by atoms with van der Waals surface area (Å²) in [6.45, 7) is 8.84. The van der Waals surface area contributed by atoms with Gasteiger partial charge in [-0.25, -0.2) is 4.98 Å². The summed E-state index contributed by atoms with van der Waals surface area (Å²) < 4.78 is 0. The molecule has 0 bridgehead atoms. The van der Waals surface area contributed by atoms with Crippen LogP contribution in [0.1, 0.15) is 44.8 Å². The Bertz CT molecular complexity index is 299. The van der Waals surface area contributed by atoms with Gasteiger partial charge in [-0.05, 0) is 20.4 Å². The number of hydrogen-bond donors (Lipinski definition) is 1. The van der Waals surface area contributed by atoms with Crippen molar-refractivity contribution in [1.82, 2.24) is 10.3 Å². The number of hydrogen-bond acceptors (Lipinski definition) is 3. The van der Waals surface area contributed by atoms with Crippen LogP contribution >= 0.6 is 11.3 Å². The Balaban J connectivity index is 2.54. The molecule has 0 saturated carbocycles. The van der Waals surface area contributed by atoms with Gasteiger partial charge in [-0.15, -0.1) is 11.3 Å². The van der Waals surface area contributed by atoms with Crippen LogP contribution in [-0.4, -0.2) is 18.1 Å². The fraction of sp³-hybridized carbons (Fsp3) is 0.750. The van der Waals surface area contributed by atoms with Gasteiger partial charge in [-0.2, -0.15) is 0 Å². The summed E-state index contributed by atoms with van der Waals surface area (Å²) in [5, 5.41) is 6.71. The predicted octanol–water partition coefficient (Wildman–Crippen LogP) is 2.98. The molecule has 1 N–H and O–H groups in total. The molecule has 0 aliphatic heterocycles. The Morgan fingerprint density at radius 2 is 2.13 bits per heavy atom. The highest BCUT2D eigenvalue weighted by Gasteiger charge is 2.17. The Kier molecular flexibility index (Phi) is 4.29. The molecule has 1 rings (SSSR count). The molecule has 15 heavy (non-hydrogen) atoms. The first-order valence-electron chi connectivity index (χ1n) is 5.55. The molecule has 0 aliphatic carbocycles. The third kappa shape index (κ3) is 3.92. The van der Waals surface area contributed by atoms with Crippen molar-refractivity contribution < 1.29 is 0 Å². The average Bonchev–Trinajstić information content (AvgIpc) is 2.61. The van der Waals surface area contributed by atoms with E-state index in [1.807, 2.05) is 7.05 Å². The van der Waals surface area contributed by atoms with Gasteiger partial charge in [0.25, 0.3) is 0 Å². The molecule has 1 aromatic rings. The largest absolute Gasteiger partial charge is 0.317 e. The van der Waals surface area contributed by atoms with Gasteiger partial charge in [0.15, 0.2) is 0 Å². The van der Waals surface area contributed by atoms with E-state index in [1.54, 1.807) is 11.3 Å². The van der Waals surface area contributed by atoms with E-state index < -0.39 is 0 Å². The lowest BCUT2D eigenvalue weighted by Gasteiger charge is -2.14. The number of rotatable bonds is 4. The van der Waals surface area contributed by atoms with Gasteiger partial charge >= 0.3 is 0 Å². The highest BCUT2D eigenvalue weighted by molar-refractivity contribution is 7.09. The van der Waals surface area contributed by atoms with Crippen LogP contribution in [0.4, 0.5) is 0 Å². The Hall–Kier alpha value is -0.410. The minimum atomic E-state index is 0.184. The van der Waals surface area contributed by atoms with E-state index in [-0.39, 0.29) is 5.41 Å². The molecule has 3 heteroatoms. The molecule has 1 unspecified atom stereocenters. The third-order valence-electron chi connectivity index (χ3n) is 2.60. The van der Waals surface area contributed by atoms with Gasteiger partial charge in [0.2, 0.25) is 0 Å². The van der Waals surface area contributed by atoms with Crippen molar-refractivity contribution >= 4 is 11.3 Å². The smallest absolute Gasteiger partial charge is 0.0929 e. The molecule has 0 saturated heterocycles. The molecule has 86 valence electrons. The Morgan fingerprint density at radius 3 is 2.60 bits per heavy atom. The topological polar surface area (TPSA) is 24.9 Å². The van der Waals surface area contributed by atoms with Crippen LogP contribution in [-0.2, 0) is 11.8 Å². The zero-order valence-electron chi connectivity index (χ0n) is 10.4. The van der Waals surface area contributed by atoms with Crippen molar-refractivity contribution in [2.75, 3.05) is 7.05 Å². The highest BCUT2D eigenvalue weighted by Crippen LogP contribution is 2.24. The van der Waals surface area contributed by atoms with Crippen LogP contribution in [0.5, 0.6) is 0 Å². The van der Waals surface area contributed by atoms with Crippen molar-refractivity contribution in [2.24, 2.45) is 0 Å². The zero-order chi connectivity index (χ0) is 11.5. The monoisotopic (exact) mass is 226 g/mol. The van der Waals surface area contributed by atoms with Gasteiger partial charge in [-0.1, -0.05) is 20.8 Å². The average molecular weight is 226 g/mol. The standard InChI is InChI=1S/C12H22N2S/c1-9(13-5)6-7-11-14-10(8-15-11)12(2,3)4/h8-9,13H,6-7H2,1-5H3. The zero-order valence-corrected chi connectivity index (χ0v) is 11.2. The van der Waals surface area contributed by atoms with Crippen LogP contribution in [0.25, 0.3) is 0 Å². The third-order valence-corrected chi connectivity index (χ3v) is 3.51. The minimum Gasteiger partial charge on any atom is -0.317 e. The maximum Gasteiger partial charge on any atom is 0.0929 e. The minimum absolute atomic E-state index is 0.184.